The highest BCUT2D eigenvalue weighted by Crippen LogP contribution is 2.21. The molecular formula is C23H24N2O5S. The quantitative estimate of drug-likeness (QED) is 0.510. The Labute approximate surface area is 182 Å². The van der Waals surface area contributed by atoms with Gasteiger partial charge in [0.2, 0.25) is 10.0 Å². The summed E-state index contributed by atoms with van der Waals surface area (Å²) in [5, 5.41) is 0. The van der Waals surface area contributed by atoms with Gasteiger partial charge in [0.05, 0.1) is 23.8 Å². The van der Waals surface area contributed by atoms with Crippen LogP contribution in [0.5, 0.6) is 11.5 Å². The third kappa shape index (κ3) is 5.90. The van der Waals surface area contributed by atoms with Crippen LogP contribution in [-0.2, 0) is 27.6 Å². The predicted octanol–water partition coefficient (Wildman–Crippen LogP) is 3.74. The van der Waals surface area contributed by atoms with Gasteiger partial charge in [-0.25, -0.2) is 17.9 Å². The van der Waals surface area contributed by atoms with Crippen molar-refractivity contribution >= 4 is 16.0 Å². The summed E-state index contributed by atoms with van der Waals surface area (Å²) < 4.78 is 38.3. The van der Waals surface area contributed by atoms with Crippen molar-refractivity contribution in [2.24, 2.45) is 0 Å². The number of sulfonamides is 1. The Morgan fingerprint density at radius 3 is 2.48 bits per heavy atom. The van der Waals surface area contributed by atoms with Crippen LogP contribution in [0.1, 0.15) is 28.4 Å². The molecule has 0 saturated heterocycles. The number of pyridine rings is 1. The topological polar surface area (TPSA) is 94.6 Å². The maximum atomic E-state index is 12.7. The van der Waals surface area contributed by atoms with Crippen LogP contribution in [0.15, 0.2) is 71.9 Å². The van der Waals surface area contributed by atoms with Crippen molar-refractivity contribution in [3.63, 3.8) is 0 Å². The first kappa shape index (κ1) is 22.5. The molecule has 0 aliphatic rings. The van der Waals surface area contributed by atoms with E-state index in [1.165, 1.54) is 19.2 Å². The molecule has 31 heavy (non-hydrogen) atoms. The number of hydrogen-bond acceptors (Lipinski definition) is 6. The van der Waals surface area contributed by atoms with Crippen LogP contribution < -0.4 is 9.46 Å². The predicted molar refractivity (Wildman–Crippen MR) is 117 cm³/mol. The fourth-order valence-electron chi connectivity index (χ4n) is 3.01. The van der Waals surface area contributed by atoms with Crippen molar-refractivity contribution in [1.29, 1.82) is 0 Å². The van der Waals surface area contributed by atoms with Gasteiger partial charge in [-0.15, -0.1) is 0 Å². The lowest BCUT2D eigenvalue weighted by molar-refractivity contribution is 0.0599. The van der Waals surface area contributed by atoms with E-state index in [0.717, 1.165) is 11.1 Å². The van der Waals surface area contributed by atoms with Crippen molar-refractivity contribution in [3.05, 3.63) is 83.7 Å². The van der Waals surface area contributed by atoms with E-state index in [2.05, 4.69) is 9.71 Å². The van der Waals surface area contributed by atoms with Crippen molar-refractivity contribution < 1.29 is 22.7 Å². The Morgan fingerprint density at radius 2 is 1.84 bits per heavy atom. The van der Waals surface area contributed by atoms with Crippen LogP contribution in [0.3, 0.4) is 0 Å². The highest BCUT2D eigenvalue weighted by atomic mass is 32.2. The molecular weight excluding hydrogens is 416 g/mol. The van der Waals surface area contributed by atoms with Gasteiger partial charge in [-0.3, -0.25) is 4.98 Å². The average Bonchev–Trinajstić information content (AvgIpc) is 2.80. The van der Waals surface area contributed by atoms with Gasteiger partial charge in [0.25, 0.3) is 0 Å². The molecule has 0 radical (unpaired) electrons. The zero-order valence-electron chi connectivity index (χ0n) is 17.4. The van der Waals surface area contributed by atoms with Gasteiger partial charge < -0.3 is 9.47 Å². The molecule has 7 nitrogen and oxygen atoms in total. The molecule has 1 N–H and O–H groups in total. The van der Waals surface area contributed by atoms with Gasteiger partial charge in [-0.05, 0) is 60.4 Å². The highest BCUT2D eigenvalue weighted by molar-refractivity contribution is 7.89. The van der Waals surface area contributed by atoms with E-state index < -0.39 is 16.0 Å². The van der Waals surface area contributed by atoms with Crippen molar-refractivity contribution in [3.8, 4) is 11.5 Å². The number of hydrogen-bond donors (Lipinski definition) is 1. The molecule has 0 spiro atoms. The minimum atomic E-state index is -3.76. The molecule has 8 heteroatoms. The molecule has 0 aliphatic carbocycles. The second kappa shape index (κ2) is 10.2. The standard InChI is InChI=1S/C23H24N2O5S/c1-3-18-8-11-21(15-22(18)23(26)29-2)31(27,28)25-14-12-17-6-9-19(10-7-17)30-20-5-4-13-24-16-20/h4-11,13,15-16,25H,3,12,14H2,1-2H3. The Balaban J connectivity index is 1.61. The minimum Gasteiger partial charge on any atom is -0.465 e. The summed E-state index contributed by atoms with van der Waals surface area (Å²) in [6.07, 6.45) is 4.40. The van der Waals surface area contributed by atoms with Crippen LogP contribution in [0, 0.1) is 0 Å². The third-order valence-electron chi connectivity index (χ3n) is 4.68. The number of rotatable bonds is 9. The van der Waals surface area contributed by atoms with Crippen molar-refractivity contribution in [1.82, 2.24) is 9.71 Å². The van der Waals surface area contributed by atoms with Gasteiger partial charge >= 0.3 is 5.97 Å². The number of aromatic nitrogens is 1. The van der Waals surface area contributed by atoms with E-state index in [4.69, 9.17) is 9.47 Å². The lowest BCUT2D eigenvalue weighted by atomic mass is 10.1. The largest absolute Gasteiger partial charge is 0.465 e. The maximum Gasteiger partial charge on any atom is 0.338 e. The van der Waals surface area contributed by atoms with E-state index in [0.29, 0.717) is 24.3 Å². The SMILES string of the molecule is CCc1ccc(S(=O)(=O)NCCc2ccc(Oc3cccnc3)cc2)cc1C(=O)OC. The van der Waals surface area contributed by atoms with Crippen LogP contribution in [-0.4, -0.2) is 33.0 Å². The number of aryl methyl sites for hydroxylation is 1. The molecule has 0 atom stereocenters. The second-order valence-electron chi connectivity index (χ2n) is 6.75. The first-order valence-corrected chi connectivity index (χ1v) is 11.3. The molecule has 2 aromatic carbocycles. The second-order valence-corrected chi connectivity index (χ2v) is 8.51. The molecule has 1 aromatic heterocycles. The van der Waals surface area contributed by atoms with Crippen molar-refractivity contribution in [2.75, 3.05) is 13.7 Å². The van der Waals surface area contributed by atoms with Crippen LogP contribution >= 0.6 is 0 Å². The molecule has 0 aliphatic heterocycles. The van der Waals surface area contributed by atoms with Gasteiger partial charge in [0, 0.05) is 12.7 Å². The van der Waals surface area contributed by atoms with Gasteiger partial charge in [0.15, 0.2) is 0 Å². The lowest BCUT2D eigenvalue weighted by Gasteiger charge is -2.11. The van der Waals surface area contributed by atoms with Crippen LogP contribution in [0.25, 0.3) is 0 Å². The van der Waals surface area contributed by atoms with Crippen LogP contribution in [0.4, 0.5) is 0 Å². The first-order valence-electron chi connectivity index (χ1n) is 9.80. The van der Waals surface area contributed by atoms with E-state index >= 15 is 0 Å². The molecule has 0 unspecified atom stereocenters. The monoisotopic (exact) mass is 440 g/mol. The summed E-state index contributed by atoms with van der Waals surface area (Å²) in [5.41, 5.74) is 1.95. The van der Waals surface area contributed by atoms with Crippen LogP contribution in [0.2, 0.25) is 0 Å². The number of ether oxygens (including phenoxy) is 2. The smallest absolute Gasteiger partial charge is 0.338 e. The zero-order chi connectivity index (χ0) is 22.3. The Hall–Kier alpha value is -3.23. The number of carbonyl (C=O) groups excluding carboxylic acids is 1. The minimum absolute atomic E-state index is 0.0327. The van der Waals surface area contributed by atoms with Crippen molar-refractivity contribution in [2.45, 2.75) is 24.7 Å². The van der Waals surface area contributed by atoms with Gasteiger partial charge in [-0.2, -0.15) is 0 Å². The Kier molecular flexibility index (Phi) is 7.38. The molecule has 0 fully saturated rings. The number of benzene rings is 2. The Bertz CT molecular complexity index is 1130. The molecule has 3 rings (SSSR count). The summed E-state index contributed by atoms with van der Waals surface area (Å²) in [7, 11) is -2.49. The molecule has 0 bridgehead atoms. The summed E-state index contributed by atoms with van der Waals surface area (Å²) >= 11 is 0. The number of esters is 1. The fraction of sp³-hybridized carbons (Fsp3) is 0.217. The van der Waals surface area contributed by atoms with Gasteiger partial charge in [0.1, 0.15) is 11.5 Å². The molecule has 0 amide bonds. The average molecular weight is 441 g/mol. The number of nitrogens with one attached hydrogen (secondary N) is 1. The van der Waals surface area contributed by atoms with E-state index in [9.17, 15) is 13.2 Å². The molecule has 3 aromatic rings. The summed E-state index contributed by atoms with van der Waals surface area (Å²) in [6.45, 7) is 2.11. The number of nitrogens with zero attached hydrogens (tertiary/aromatic N) is 1. The third-order valence-corrected chi connectivity index (χ3v) is 6.14. The maximum absolute atomic E-state index is 12.7. The summed E-state index contributed by atoms with van der Waals surface area (Å²) in [4.78, 5) is 16.0. The number of carbonyl (C=O) groups is 1. The molecule has 162 valence electrons. The fourth-order valence-corrected chi connectivity index (χ4v) is 4.07. The summed E-state index contributed by atoms with van der Waals surface area (Å²) in [6, 6.07) is 15.5. The Morgan fingerprint density at radius 1 is 1.06 bits per heavy atom. The summed E-state index contributed by atoms with van der Waals surface area (Å²) in [5.74, 6) is 0.759. The normalized spacial score (nSPS) is 11.2. The number of methoxy groups -OCH3 is 1. The lowest BCUT2D eigenvalue weighted by Crippen LogP contribution is -2.26. The van der Waals surface area contributed by atoms with E-state index in [-0.39, 0.29) is 17.0 Å². The van der Waals surface area contributed by atoms with E-state index in [1.807, 2.05) is 37.3 Å². The highest BCUT2D eigenvalue weighted by Gasteiger charge is 2.18. The molecule has 1 heterocycles. The zero-order valence-corrected chi connectivity index (χ0v) is 18.2. The first-order chi connectivity index (χ1) is 14.9. The van der Waals surface area contributed by atoms with E-state index in [1.54, 1.807) is 24.5 Å². The molecule has 0 saturated carbocycles. The van der Waals surface area contributed by atoms with Gasteiger partial charge in [-0.1, -0.05) is 25.1 Å².